The fraction of sp³-hybridized carbons (Fsp3) is 0.588. The van der Waals surface area contributed by atoms with Gasteiger partial charge >= 0.3 is 0 Å². The summed E-state index contributed by atoms with van der Waals surface area (Å²) in [5.74, 6) is 0.770. The Morgan fingerprint density at radius 1 is 1.41 bits per heavy atom. The second-order valence-electron chi connectivity index (χ2n) is 5.97. The number of methoxy groups -OCH3 is 1. The molecule has 0 radical (unpaired) electrons. The Morgan fingerprint density at radius 2 is 2.23 bits per heavy atom. The fourth-order valence-electron chi connectivity index (χ4n) is 3.18. The summed E-state index contributed by atoms with van der Waals surface area (Å²) < 4.78 is 10.7. The van der Waals surface area contributed by atoms with Crippen molar-refractivity contribution in [3.8, 4) is 5.75 Å². The summed E-state index contributed by atoms with van der Waals surface area (Å²) in [6.07, 6.45) is 2.88. The van der Waals surface area contributed by atoms with Crippen molar-refractivity contribution in [1.29, 1.82) is 0 Å². The zero-order chi connectivity index (χ0) is 15.4. The number of carbonyl (C=O) groups is 1. The van der Waals surface area contributed by atoms with E-state index in [1.54, 1.807) is 7.11 Å². The van der Waals surface area contributed by atoms with Gasteiger partial charge in [0.05, 0.1) is 18.8 Å². The van der Waals surface area contributed by atoms with E-state index in [4.69, 9.17) is 9.47 Å². The van der Waals surface area contributed by atoms with E-state index in [1.807, 2.05) is 18.2 Å². The monoisotopic (exact) mass is 304 g/mol. The summed E-state index contributed by atoms with van der Waals surface area (Å²) in [5.41, 5.74) is 1.82. The standard InChI is InChI=1S/C17H24N2O3/c1-21-12-10-19-8-5-14(6-9-19)18-17(20)15-4-2-3-13-7-11-22-16(13)15/h2-4,14H,5-12H2,1H3,(H,18,20). The molecule has 5 nitrogen and oxygen atoms in total. The first kappa shape index (κ1) is 15.3. The number of ether oxygens (including phenoxy) is 2. The number of amides is 1. The largest absolute Gasteiger partial charge is 0.492 e. The topological polar surface area (TPSA) is 50.8 Å². The van der Waals surface area contributed by atoms with E-state index in [0.717, 1.165) is 56.8 Å². The number of benzene rings is 1. The summed E-state index contributed by atoms with van der Waals surface area (Å²) in [6, 6.07) is 6.08. The minimum atomic E-state index is -0.00547. The average molecular weight is 304 g/mol. The number of piperidine rings is 1. The van der Waals surface area contributed by atoms with E-state index in [2.05, 4.69) is 10.2 Å². The molecule has 1 fully saturated rings. The molecule has 2 aliphatic heterocycles. The molecule has 1 amide bonds. The van der Waals surface area contributed by atoms with Crippen molar-refractivity contribution in [2.45, 2.75) is 25.3 Å². The number of hydrogen-bond donors (Lipinski definition) is 1. The van der Waals surface area contributed by atoms with Gasteiger partial charge in [0, 0.05) is 39.2 Å². The molecule has 0 atom stereocenters. The molecule has 22 heavy (non-hydrogen) atoms. The van der Waals surface area contributed by atoms with Crippen molar-refractivity contribution < 1.29 is 14.3 Å². The predicted molar refractivity (Wildman–Crippen MR) is 84.4 cm³/mol. The highest BCUT2D eigenvalue weighted by Crippen LogP contribution is 2.29. The molecule has 0 saturated carbocycles. The summed E-state index contributed by atoms with van der Waals surface area (Å²) in [4.78, 5) is 14.9. The molecule has 120 valence electrons. The van der Waals surface area contributed by atoms with E-state index in [-0.39, 0.29) is 11.9 Å². The third kappa shape index (κ3) is 3.42. The van der Waals surface area contributed by atoms with E-state index >= 15 is 0 Å². The normalized spacial score (nSPS) is 18.8. The van der Waals surface area contributed by atoms with Crippen LogP contribution in [-0.2, 0) is 11.2 Å². The molecular formula is C17H24N2O3. The molecule has 5 heteroatoms. The molecule has 0 aromatic heterocycles. The van der Waals surface area contributed by atoms with Crippen LogP contribution in [0, 0.1) is 0 Å². The average Bonchev–Trinajstić information content (AvgIpc) is 3.02. The van der Waals surface area contributed by atoms with E-state index in [0.29, 0.717) is 12.2 Å². The van der Waals surface area contributed by atoms with Gasteiger partial charge in [-0.1, -0.05) is 12.1 Å². The summed E-state index contributed by atoms with van der Waals surface area (Å²) in [7, 11) is 1.73. The molecule has 0 aliphatic carbocycles. The van der Waals surface area contributed by atoms with Crippen molar-refractivity contribution in [3.63, 3.8) is 0 Å². The van der Waals surface area contributed by atoms with Gasteiger partial charge in [-0.25, -0.2) is 0 Å². The molecule has 0 bridgehead atoms. The Bertz CT molecular complexity index is 525. The van der Waals surface area contributed by atoms with Crippen molar-refractivity contribution in [2.24, 2.45) is 0 Å². The van der Waals surface area contributed by atoms with Crippen LogP contribution in [-0.4, -0.2) is 56.8 Å². The van der Waals surface area contributed by atoms with Crippen molar-refractivity contribution in [1.82, 2.24) is 10.2 Å². The van der Waals surface area contributed by atoms with Crippen molar-refractivity contribution >= 4 is 5.91 Å². The number of nitrogens with zero attached hydrogens (tertiary/aromatic N) is 1. The molecule has 1 saturated heterocycles. The highest BCUT2D eigenvalue weighted by atomic mass is 16.5. The van der Waals surface area contributed by atoms with Gasteiger partial charge in [-0.15, -0.1) is 0 Å². The highest BCUT2D eigenvalue weighted by Gasteiger charge is 2.24. The predicted octanol–water partition coefficient (Wildman–Crippen LogP) is 1.46. The molecule has 1 aromatic rings. The van der Waals surface area contributed by atoms with Crippen LogP contribution in [0.4, 0.5) is 0 Å². The highest BCUT2D eigenvalue weighted by molar-refractivity contribution is 5.97. The molecule has 3 rings (SSSR count). The maximum Gasteiger partial charge on any atom is 0.255 e. The quantitative estimate of drug-likeness (QED) is 0.895. The van der Waals surface area contributed by atoms with E-state index < -0.39 is 0 Å². The van der Waals surface area contributed by atoms with Gasteiger partial charge in [0.25, 0.3) is 5.91 Å². The van der Waals surface area contributed by atoms with Gasteiger partial charge in [-0.3, -0.25) is 4.79 Å². The van der Waals surface area contributed by atoms with Gasteiger partial charge in [0.15, 0.2) is 0 Å². The number of carbonyl (C=O) groups excluding carboxylic acids is 1. The van der Waals surface area contributed by atoms with Gasteiger partial charge in [-0.05, 0) is 24.5 Å². The Labute approximate surface area is 131 Å². The number of para-hydroxylation sites is 1. The molecule has 0 unspecified atom stereocenters. The van der Waals surface area contributed by atoms with Crippen LogP contribution in [0.5, 0.6) is 5.75 Å². The van der Waals surface area contributed by atoms with Crippen LogP contribution in [0.2, 0.25) is 0 Å². The van der Waals surface area contributed by atoms with E-state index in [9.17, 15) is 4.79 Å². The second kappa shape index (κ2) is 7.11. The SMILES string of the molecule is COCCN1CCC(NC(=O)c2cccc3c2OCC3)CC1. The zero-order valence-corrected chi connectivity index (χ0v) is 13.1. The smallest absolute Gasteiger partial charge is 0.255 e. The first-order valence-electron chi connectivity index (χ1n) is 8.05. The Kier molecular flexibility index (Phi) is 4.95. The molecule has 1 N–H and O–H groups in total. The Balaban J connectivity index is 1.54. The van der Waals surface area contributed by atoms with E-state index in [1.165, 1.54) is 0 Å². The molecule has 1 aromatic carbocycles. The minimum Gasteiger partial charge on any atom is -0.492 e. The van der Waals surface area contributed by atoms with Gasteiger partial charge in [0.1, 0.15) is 5.75 Å². The van der Waals surface area contributed by atoms with Gasteiger partial charge < -0.3 is 19.7 Å². The maximum atomic E-state index is 12.5. The summed E-state index contributed by atoms with van der Waals surface area (Å²) in [6.45, 7) is 4.44. The first-order valence-corrected chi connectivity index (χ1v) is 8.05. The Morgan fingerprint density at radius 3 is 3.00 bits per heavy atom. The molecular weight excluding hydrogens is 280 g/mol. The summed E-state index contributed by atoms with van der Waals surface area (Å²) in [5, 5.41) is 3.16. The van der Waals surface area contributed by atoms with Gasteiger partial charge in [-0.2, -0.15) is 0 Å². The zero-order valence-electron chi connectivity index (χ0n) is 13.1. The van der Waals surface area contributed by atoms with Crippen LogP contribution >= 0.6 is 0 Å². The molecule has 2 aliphatic rings. The van der Waals surface area contributed by atoms with Crippen molar-refractivity contribution in [3.05, 3.63) is 29.3 Å². The van der Waals surface area contributed by atoms with Crippen LogP contribution in [0.25, 0.3) is 0 Å². The van der Waals surface area contributed by atoms with Crippen LogP contribution in [0.3, 0.4) is 0 Å². The lowest BCUT2D eigenvalue weighted by atomic mass is 10.0. The second-order valence-corrected chi connectivity index (χ2v) is 5.97. The number of likely N-dealkylation sites (tertiary alicyclic amines) is 1. The lowest BCUT2D eigenvalue weighted by Crippen LogP contribution is -2.45. The Hall–Kier alpha value is -1.59. The van der Waals surface area contributed by atoms with Crippen LogP contribution < -0.4 is 10.1 Å². The minimum absolute atomic E-state index is 0.00547. The number of fused-ring (bicyclic) bond motifs is 1. The molecule has 0 spiro atoms. The van der Waals surface area contributed by atoms with Crippen LogP contribution in [0.1, 0.15) is 28.8 Å². The molecule has 2 heterocycles. The van der Waals surface area contributed by atoms with Gasteiger partial charge in [0.2, 0.25) is 0 Å². The fourth-order valence-corrected chi connectivity index (χ4v) is 3.18. The summed E-state index contributed by atoms with van der Waals surface area (Å²) >= 11 is 0. The lowest BCUT2D eigenvalue weighted by molar-refractivity contribution is 0.0890. The number of rotatable bonds is 5. The number of hydrogen-bond acceptors (Lipinski definition) is 4. The van der Waals surface area contributed by atoms with Crippen LogP contribution in [0.15, 0.2) is 18.2 Å². The lowest BCUT2D eigenvalue weighted by Gasteiger charge is -2.32. The maximum absolute atomic E-state index is 12.5. The van der Waals surface area contributed by atoms with Crippen molar-refractivity contribution in [2.75, 3.05) is 40.0 Å². The third-order valence-corrected chi connectivity index (χ3v) is 4.49. The first-order chi connectivity index (χ1) is 10.8. The number of nitrogens with one attached hydrogen (secondary N) is 1. The third-order valence-electron chi connectivity index (χ3n) is 4.49.